The lowest BCUT2D eigenvalue weighted by atomic mass is 10.2. The SMILES string of the molecule is C=C(/C=C\C(C)=C/C)OC(OC(CO)C(C)O)C(O)O. The third-order valence-electron chi connectivity index (χ3n) is 2.53. The molecule has 0 aromatic heterocycles. The third-order valence-corrected chi connectivity index (χ3v) is 2.53. The molecule has 0 saturated carbocycles. The van der Waals surface area contributed by atoms with Crippen LogP contribution in [0.3, 0.4) is 0 Å². The Balaban J connectivity index is 4.62. The van der Waals surface area contributed by atoms with Gasteiger partial charge in [-0.15, -0.1) is 0 Å². The molecule has 0 rings (SSSR count). The van der Waals surface area contributed by atoms with Crippen molar-refractivity contribution in [2.24, 2.45) is 0 Å². The first-order valence-corrected chi connectivity index (χ1v) is 6.28. The Kier molecular flexibility index (Phi) is 9.11. The van der Waals surface area contributed by atoms with Crippen LogP contribution in [0.4, 0.5) is 0 Å². The molecule has 0 aliphatic heterocycles. The Morgan fingerprint density at radius 1 is 1.25 bits per heavy atom. The van der Waals surface area contributed by atoms with E-state index in [1.807, 2.05) is 19.9 Å². The average molecular weight is 288 g/mol. The first-order valence-electron chi connectivity index (χ1n) is 6.28. The molecule has 0 spiro atoms. The molecule has 6 nitrogen and oxygen atoms in total. The largest absolute Gasteiger partial charge is 0.460 e. The minimum atomic E-state index is -1.93. The van der Waals surface area contributed by atoms with Crippen molar-refractivity contribution in [1.29, 1.82) is 0 Å². The van der Waals surface area contributed by atoms with Crippen LogP contribution < -0.4 is 0 Å². The van der Waals surface area contributed by atoms with Crippen molar-refractivity contribution in [2.45, 2.75) is 45.6 Å². The zero-order chi connectivity index (χ0) is 15.7. The molecule has 0 heterocycles. The van der Waals surface area contributed by atoms with Crippen LogP contribution in [0.2, 0.25) is 0 Å². The van der Waals surface area contributed by atoms with Crippen molar-refractivity contribution in [3.63, 3.8) is 0 Å². The molecule has 0 radical (unpaired) electrons. The molecular weight excluding hydrogens is 264 g/mol. The summed E-state index contributed by atoms with van der Waals surface area (Å²) in [5.41, 5.74) is 0.981. The minimum absolute atomic E-state index is 0.159. The molecule has 0 aliphatic rings. The van der Waals surface area contributed by atoms with Crippen LogP contribution >= 0.6 is 0 Å². The van der Waals surface area contributed by atoms with Crippen molar-refractivity contribution >= 4 is 0 Å². The van der Waals surface area contributed by atoms with Crippen LogP contribution in [0.15, 0.2) is 36.1 Å². The van der Waals surface area contributed by atoms with E-state index in [0.29, 0.717) is 0 Å². The van der Waals surface area contributed by atoms with E-state index in [-0.39, 0.29) is 5.76 Å². The molecule has 3 unspecified atom stereocenters. The van der Waals surface area contributed by atoms with Gasteiger partial charge in [0, 0.05) is 0 Å². The number of ether oxygens (including phenoxy) is 2. The van der Waals surface area contributed by atoms with Gasteiger partial charge in [0.15, 0.2) is 0 Å². The molecule has 0 aromatic rings. The topological polar surface area (TPSA) is 99.4 Å². The maximum Gasteiger partial charge on any atom is 0.251 e. The number of aliphatic hydroxyl groups is 4. The van der Waals surface area contributed by atoms with Crippen LogP contribution in [0.5, 0.6) is 0 Å². The Morgan fingerprint density at radius 3 is 2.25 bits per heavy atom. The Morgan fingerprint density at radius 2 is 1.85 bits per heavy atom. The predicted molar refractivity (Wildman–Crippen MR) is 74.4 cm³/mol. The molecule has 0 saturated heterocycles. The normalized spacial score (nSPS) is 17.3. The van der Waals surface area contributed by atoms with Crippen LogP contribution in [0.1, 0.15) is 20.8 Å². The highest BCUT2D eigenvalue weighted by atomic mass is 16.7. The number of hydrogen-bond donors (Lipinski definition) is 4. The van der Waals surface area contributed by atoms with Gasteiger partial charge in [-0.05, 0) is 26.8 Å². The maximum absolute atomic E-state index is 9.34. The zero-order valence-electron chi connectivity index (χ0n) is 12.1. The molecule has 0 aromatic carbocycles. The molecular formula is C14H24O6. The van der Waals surface area contributed by atoms with Crippen LogP contribution in [0, 0.1) is 0 Å². The van der Waals surface area contributed by atoms with Gasteiger partial charge in [0.2, 0.25) is 6.29 Å². The van der Waals surface area contributed by atoms with E-state index in [0.717, 1.165) is 5.57 Å². The lowest BCUT2D eigenvalue weighted by Crippen LogP contribution is -2.40. The van der Waals surface area contributed by atoms with Crippen LogP contribution in [-0.2, 0) is 9.47 Å². The van der Waals surface area contributed by atoms with E-state index < -0.39 is 31.4 Å². The number of aliphatic hydroxyl groups excluding tert-OH is 3. The molecule has 0 fully saturated rings. The van der Waals surface area contributed by atoms with Gasteiger partial charge in [-0.1, -0.05) is 24.3 Å². The highest BCUT2D eigenvalue weighted by molar-refractivity contribution is 5.21. The van der Waals surface area contributed by atoms with Crippen LogP contribution in [0.25, 0.3) is 0 Å². The van der Waals surface area contributed by atoms with Crippen molar-refractivity contribution in [3.05, 3.63) is 36.1 Å². The smallest absolute Gasteiger partial charge is 0.251 e. The van der Waals surface area contributed by atoms with Gasteiger partial charge in [-0.2, -0.15) is 0 Å². The molecule has 6 heteroatoms. The fourth-order valence-electron chi connectivity index (χ4n) is 1.15. The third kappa shape index (κ3) is 7.42. The number of rotatable bonds is 9. The fourth-order valence-corrected chi connectivity index (χ4v) is 1.15. The summed E-state index contributed by atoms with van der Waals surface area (Å²) < 4.78 is 10.2. The molecule has 0 amide bonds. The second kappa shape index (κ2) is 9.68. The van der Waals surface area contributed by atoms with Crippen molar-refractivity contribution in [2.75, 3.05) is 6.61 Å². The first kappa shape index (κ1) is 18.8. The molecule has 4 N–H and O–H groups in total. The predicted octanol–water partition coefficient (Wildman–Crippen LogP) is 0.434. The maximum atomic E-state index is 9.34. The molecule has 0 aliphatic carbocycles. The van der Waals surface area contributed by atoms with E-state index in [1.54, 1.807) is 12.2 Å². The van der Waals surface area contributed by atoms with Crippen molar-refractivity contribution in [1.82, 2.24) is 0 Å². The zero-order valence-corrected chi connectivity index (χ0v) is 12.1. The van der Waals surface area contributed by atoms with Gasteiger partial charge in [-0.3, -0.25) is 0 Å². The Bertz CT molecular complexity index is 346. The second-order valence-electron chi connectivity index (χ2n) is 4.33. The summed E-state index contributed by atoms with van der Waals surface area (Å²) in [6, 6.07) is 0. The summed E-state index contributed by atoms with van der Waals surface area (Å²) in [7, 11) is 0. The minimum Gasteiger partial charge on any atom is -0.460 e. The van der Waals surface area contributed by atoms with Gasteiger partial charge in [0.05, 0.1) is 12.7 Å². The molecule has 20 heavy (non-hydrogen) atoms. The average Bonchev–Trinajstić information content (AvgIpc) is 2.39. The van der Waals surface area contributed by atoms with E-state index in [1.165, 1.54) is 6.92 Å². The fraction of sp³-hybridized carbons (Fsp3) is 0.571. The van der Waals surface area contributed by atoms with Crippen LogP contribution in [-0.4, -0.2) is 51.8 Å². The highest BCUT2D eigenvalue weighted by Gasteiger charge is 2.26. The molecule has 0 bridgehead atoms. The number of allylic oxidation sites excluding steroid dienone is 4. The summed E-state index contributed by atoms with van der Waals surface area (Å²) in [5, 5.41) is 36.7. The monoisotopic (exact) mass is 288 g/mol. The summed E-state index contributed by atoms with van der Waals surface area (Å²) >= 11 is 0. The van der Waals surface area contributed by atoms with E-state index in [2.05, 4.69) is 6.58 Å². The summed E-state index contributed by atoms with van der Waals surface area (Å²) in [6.45, 7) is 8.28. The summed E-state index contributed by atoms with van der Waals surface area (Å²) in [6.07, 6.45) is -0.199. The van der Waals surface area contributed by atoms with Gasteiger partial charge in [0.25, 0.3) is 6.29 Å². The standard InChI is InChI=1S/C14H24O6/c1-5-9(2)6-7-10(3)19-14(13(17)18)20-12(8-15)11(4)16/h5-7,11-18H,3,8H2,1-2,4H3/b7-6-,9-5-. The highest BCUT2D eigenvalue weighted by Crippen LogP contribution is 2.12. The van der Waals surface area contributed by atoms with Gasteiger partial charge in [-0.25, -0.2) is 0 Å². The summed E-state index contributed by atoms with van der Waals surface area (Å²) in [4.78, 5) is 0. The Hall–Kier alpha value is -1.18. The van der Waals surface area contributed by atoms with E-state index in [9.17, 15) is 15.3 Å². The van der Waals surface area contributed by atoms with Gasteiger partial charge in [0.1, 0.15) is 11.9 Å². The van der Waals surface area contributed by atoms with Crippen molar-refractivity contribution in [3.8, 4) is 0 Å². The first-order chi connectivity index (χ1) is 9.31. The van der Waals surface area contributed by atoms with E-state index in [4.69, 9.17) is 14.6 Å². The lowest BCUT2D eigenvalue weighted by Gasteiger charge is -2.27. The van der Waals surface area contributed by atoms with E-state index >= 15 is 0 Å². The summed E-state index contributed by atoms with van der Waals surface area (Å²) in [5.74, 6) is 0.159. The quantitative estimate of drug-likeness (QED) is 0.279. The second-order valence-corrected chi connectivity index (χ2v) is 4.33. The lowest BCUT2D eigenvalue weighted by molar-refractivity contribution is -0.267. The molecule has 116 valence electrons. The van der Waals surface area contributed by atoms with Crippen molar-refractivity contribution < 1.29 is 29.9 Å². The van der Waals surface area contributed by atoms with Gasteiger partial charge < -0.3 is 29.9 Å². The number of hydrogen-bond acceptors (Lipinski definition) is 6. The molecule has 3 atom stereocenters. The van der Waals surface area contributed by atoms with Gasteiger partial charge >= 0.3 is 0 Å². The Labute approximate surface area is 119 Å².